The molecule has 1 aliphatic heterocycles. The van der Waals surface area contributed by atoms with E-state index < -0.39 is 0 Å². The molecule has 0 aliphatic carbocycles. The van der Waals surface area contributed by atoms with Crippen LogP contribution >= 0.6 is 0 Å². The summed E-state index contributed by atoms with van der Waals surface area (Å²) in [7, 11) is 0. The van der Waals surface area contributed by atoms with Gasteiger partial charge in [-0.2, -0.15) is 0 Å². The Bertz CT molecular complexity index is 180. The van der Waals surface area contributed by atoms with Gasteiger partial charge in [-0.05, 0) is 19.8 Å². The Labute approximate surface area is 94.2 Å². The van der Waals surface area contributed by atoms with Crippen molar-refractivity contribution < 1.29 is 4.74 Å². The minimum absolute atomic E-state index is 0.277. The molecule has 1 N–H and O–H groups in total. The van der Waals surface area contributed by atoms with Gasteiger partial charge in [-0.15, -0.1) is 0 Å². The molecule has 3 heteroatoms. The van der Waals surface area contributed by atoms with Gasteiger partial charge in [0, 0.05) is 38.3 Å². The molecule has 0 aromatic rings. The van der Waals surface area contributed by atoms with Crippen molar-refractivity contribution >= 4 is 0 Å². The molecule has 3 nitrogen and oxygen atoms in total. The predicted octanol–water partition coefficient (Wildman–Crippen LogP) is 1.34. The highest BCUT2D eigenvalue weighted by Gasteiger charge is 2.28. The topological polar surface area (TPSA) is 24.5 Å². The minimum Gasteiger partial charge on any atom is -0.380 e. The van der Waals surface area contributed by atoms with Crippen LogP contribution in [0.4, 0.5) is 0 Å². The Morgan fingerprint density at radius 2 is 2.13 bits per heavy atom. The van der Waals surface area contributed by atoms with E-state index in [-0.39, 0.29) is 5.54 Å². The highest BCUT2D eigenvalue weighted by molar-refractivity contribution is 4.87. The van der Waals surface area contributed by atoms with Gasteiger partial charge in [0.2, 0.25) is 0 Å². The summed E-state index contributed by atoms with van der Waals surface area (Å²) in [5.74, 6) is 0.640. The third kappa shape index (κ3) is 4.49. The Morgan fingerprint density at radius 1 is 1.40 bits per heavy atom. The lowest BCUT2D eigenvalue weighted by Crippen LogP contribution is -2.58. The van der Waals surface area contributed by atoms with Crippen molar-refractivity contribution in [1.82, 2.24) is 10.2 Å². The maximum Gasteiger partial charge on any atom is 0.0593 e. The summed E-state index contributed by atoms with van der Waals surface area (Å²) in [4.78, 5) is 2.52. The first-order chi connectivity index (χ1) is 7.02. The van der Waals surface area contributed by atoms with Crippen LogP contribution in [0, 0.1) is 5.92 Å². The van der Waals surface area contributed by atoms with E-state index in [9.17, 15) is 0 Å². The number of hydrogen-bond donors (Lipinski definition) is 1. The smallest absolute Gasteiger partial charge is 0.0593 e. The Hall–Kier alpha value is -0.120. The second-order valence-corrected chi connectivity index (χ2v) is 5.45. The van der Waals surface area contributed by atoms with Crippen molar-refractivity contribution in [3.05, 3.63) is 0 Å². The van der Waals surface area contributed by atoms with E-state index in [0.717, 1.165) is 39.4 Å². The number of nitrogens with one attached hydrogen (secondary N) is 1. The SMILES string of the molecule is CC(C)COCCN1CCNCC1(C)C. The molecule has 1 fully saturated rings. The molecule has 90 valence electrons. The van der Waals surface area contributed by atoms with Gasteiger partial charge in [0.25, 0.3) is 0 Å². The molecule has 0 bridgehead atoms. The van der Waals surface area contributed by atoms with Crippen LogP contribution in [-0.2, 0) is 4.74 Å². The summed E-state index contributed by atoms with van der Waals surface area (Å²) in [6.45, 7) is 15.1. The monoisotopic (exact) mass is 214 g/mol. The molecule has 1 rings (SSSR count). The van der Waals surface area contributed by atoms with E-state index in [1.807, 2.05) is 0 Å². The van der Waals surface area contributed by atoms with E-state index in [4.69, 9.17) is 4.74 Å². The molecule has 0 saturated carbocycles. The highest BCUT2D eigenvalue weighted by atomic mass is 16.5. The zero-order valence-electron chi connectivity index (χ0n) is 10.7. The highest BCUT2D eigenvalue weighted by Crippen LogP contribution is 2.15. The van der Waals surface area contributed by atoms with Crippen molar-refractivity contribution in [1.29, 1.82) is 0 Å². The van der Waals surface area contributed by atoms with Gasteiger partial charge in [0.1, 0.15) is 0 Å². The zero-order chi connectivity index (χ0) is 11.3. The van der Waals surface area contributed by atoms with Crippen molar-refractivity contribution in [2.24, 2.45) is 5.92 Å². The van der Waals surface area contributed by atoms with Gasteiger partial charge >= 0.3 is 0 Å². The van der Waals surface area contributed by atoms with Crippen molar-refractivity contribution in [2.45, 2.75) is 33.2 Å². The van der Waals surface area contributed by atoms with Gasteiger partial charge in [-0.1, -0.05) is 13.8 Å². The van der Waals surface area contributed by atoms with Gasteiger partial charge in [0.05, 0.1) is 6.61 Å². The fourth-order valence-electron chi connectivity index (χ4n) is 1.93. The van der Waals surface area contributed by atoms with E-state index in [0.29, 0.717) is 5.92 Å². The van der Waals surface area contributed by atoms with Gasteiger partial charge in [-0.3, -0.25) is 4.90 Å². The molecule has 1 saturated heterocycles. The first-order valence-corrected chi connectivity index (χ1v) is 6.06. The van der Waals surface area contributed by atoms with Gasteiger partial charge in [-0.25, -0.2) is 0 Å². The molecular weight excluding hydrogens is 188 g/mol. The van der Waals surface area contributed by atoms with Crippen LogP contribution < -0.4 is 5.32 Å². The lowest BCUT2D eigenvalue weighted by Gasteiger charge is -2.42. The summed E-state index contributed by atoms with van der Waals surface area (Å²) < 4.78 is 5.63. The molecule has 0 unspecified atom stereocenters. The minimum atomic E-state index is 0.277. The summed E-state index contributed by atoms with van der Waals surface area (Å²) in [6, 6.07) is 0. The molecule has 0 atom stereocenters. The van der Waals surface area contributed by atoms with Gasteiger partial charge in [0.15, 0.2) is 0 Å². The molecule has 0 radical (unpaired) electrons. The Morgan fingerprint density at radius 3 is 2.73 bits per heavy atom. The molecule has 1 heterocycles. The number of nitrogens with zero attached hydrogens (tertiary/aromatic N) is 1. The first-order valence-electron chi connectivity index (χ1n) is 6.06. The van der Waals surface area contributed by atoms with Crippen LogP contribution in [0.3, 0.4) is 0 Å². The molecule has 0 aromatic carbocycles. The second-order valence-electron chi connectivity index (χ2n) is 5.45. The lowest BCUT2D eigenvalue weighted by molar-refractivity contribution is 0.0358. The normalized spacial score (nSPS) is 22.2. The van der Waals surface area contributed by atoms with Crippen LogP contribution in [0.15, 0.2) is 0 Å². The van der Waals surface area contributed by atoms with E-state index in [2.05, 4.69) is 37.9 Å². The summed E-state index contributed by atoms with van der Waals surface area (Å²) in [6.07, 6.45) is 0. The Balaban J connectivity index is 2.19. The third-order valence-electron chi connectivity index (χ3n) is 2.93. The van der Waals surface area contributed by atoms with Crippen molar-refractivity contribution in [3.8, 4) is 0 Å². The van der Waals surface area contributed by atoms with Crippen LogP contribution in [0.1, 0.15) is 27.7 Å². The van der Waals surface area contributed by atoms with E-state index >= 15 is 0 Å². The maximum absolute atomic E-state index is 5.63. The molecule has 0 spiro atoms. The number of piperazine rings is 1. The largest absolute Gasteiger partial charge is 0.380 e. The van der Waals surface area contributed by atoms with Crippen LogP contribution in [0.25, 0.3) is 0 Å². The summed E-state index contributed by atoms with van der Waals surface area (Å²) in [5, 5.41) is 3.43. The second kappa shape index (κ2) is 5.83. The number of ether oxygens (including phenoxy) is 1. The fourth-order valence-corrected chi connectivity index (χ4v) is 1.93. The summed E-state index contributed by atoms with van der Waals surface area (Å²) in [5.41, 5.74) is 0.277. The zero-order valence-corrected chi connectivity index (χ0v) is 10.7. The maximum atomic E-state index is 5.63. The number of rotatable bonds is 5. The average molecular weight is 214 g/mol. The predicted molar refractivity (Wildman–Crippen MR) is 64.2 cm³/mol. The standard InChI is InChI=1S/C12H26N2O/c1-11(2)9-15-8-7-14-6-5-13-10-12(14,3)4/h11,13H,5-10H2,1-4H3. The van der Waals surface area contributed by atoms with Gasteiger partial charge < -0.3 is 10.1 Å². The summed E-state index contributed by atoms with van der Waals surface area (Å²) >= 11 is 0. The van der Waals surface area contributed by atoms with E-state index in [1.54, 1.807) is 0 Å². The molecule has 1 aliphatic rings. The molecular formula is C12H26N2O. The van der Waals surface area contributed by atoms with Crippen LogP contribution in [-0.4, -0.2) is 49.8 Å². The Kier molecular flexibility index (Phi) is 5.03. The van der Waals surface area contributed by atoms with Crippen molar-refractivity contribution in [3.63, 3.8) is 0 Å². The van der Waals surface area contributed by atoms with Crippen molar-refractivity contribution in [2.75, 3.05) is 39.4 Å². The van der Waals surface area contributed by atoms with E-state index in [1.165, 1.54) is 0 Å². The third-order valence-corrected chi connectivity index (χ3v) is 2.93. The molecule has 0 aromatic heterocycles. The first kappa shape index (κ1) is 12.9. The number of hydrogen-bond acceptors (Lipinski definition) is 3. The van der Waals surface area contributed by atoms with Crippen LogP contribution in [0.5, 0.6) is 0 Å². The molecule has 15 heavy (non-hydrogen) atoms. The average Bonchev–Trinajstić information content (AvgIpc) is 2.13. The lowest BCUT2D eigenvalue weighted by atomic mass is 10.0. The quantitative estimate of drug-likeness (QED) is 0.699. The molecule has 0 amide bonds. The van der Waals surface area contributed by atoms with Crippen LogP contribution in [0.2, 0.25) is 0 Å². The fraction of sp³-hybridized carbons (Fsp3) is 1.00.